The molecule has 0 heterocycles. The third-order valence-electron chi connectivity index (χ3n) is 3.81. The molecule has 0 aromatic heterocycles. The quantitative estimate of drug-likeness (QED) is 0.678. The summed E-state index contributed by atoms with van der Waals surface area (Å²) in [6, 6.07) is 9.84. The van der Waals surface area contributed by atoms with Gasteiger partial charge in [-0.1, -0.05) is 30.3 Å². The zero-order valence-corrected chi connectivity index (χ0v) is 14.7. The summed E-state index contributed by atoms with van der Waals surface area (Å²) in [5.41, 5.74) is -2.52. The molecule has 1 unspecified atom stereocenters. The summed E-state index contributed by atoms with van der Waals surface area (Å²) in [7, 11) is 0. The highest BCUT2D eigenvalue weighted by Crippen LogP contribution is 2.38. The van der Waals surface area contributed by atoms with Crippen molar-refractivity contribution in [3.8, 4) is 0 Å². The van der Waals surface area contributed by atoms with Crippen molar-refractivity contribution in [2.75, 3.05) is 6.54 Å². The van der Waals surface area contributed by atoms with E-state index in [2.05, 4.69) is 5.32 Å². The minimum absolute atomic E-state index is 0.0517. The third-order valence-corrected chi connectivity index (χ3v) is 3.81. The van der Waals surface area contributed by atoms with Crippen molar-refractivity contribution < 1.29 is 35.9 Å². The Kier molecular flexibility index (Phi) is 6.71. The Balaban J connectivity index is 2.40. The highest BCUT2D eigenvalue weighted by molar-refractivity contribution is 5.72. The number of carbonyl (C=O) groups excluding carboxylic acids is 1. The SMILES string of the molecule is CC(=O)NCC(OCc1ccccc1)c1cc(C(F)(F)F)cc(C(F)(F)F)c1. The Morgan fingerprint density at radius 3 is 1.96 bits per heavy atom. The molecule has 2 aromatic rings. The van der Waals surface area contributed by atoms with Gasteiger partial charge >= 0.3 is 12.4 Å². The highest BCUT2D eigenvalue weighted by atomic mass is 19.4. The summed E-state index contributed by atoms with van der Waals surface area (Å²) < 4.78 is 84.1. The summed E-state index contributed by atoms with van der Waals surface area (Å²) >= 11 is 0. The van der Waals surface area contributed by atoms with Crippen LogP contribution in [0.2, 0.25) is 0 Å². The molecular formula is C19H17F6NO2. The molecule has 28 heavy (non-hydrogen) atoms. The van der Waals surface area contributed by atoms with Gasteiger partial charge in [-0.2, -0.15) is 26.3 Å². The summed E-state index contributed by atoms with van der Waals surface area (Å²) in [5, 5.41) is 2.37. The molecule has 0 spiro atoms. The molecule has 2 aromatic carbocycles. The number of hydrogen-bond donors (Lipinski definition) is 1. The Bertz CT molecular complexity index is 770. The maximum absolute atomic E-state index is 13.1. The van der Waals surface area contributed by atoms with Crippen LogP contribution in [-0.4, -0.2) is 12.5 Å². The molecule has 0 aliphatic rings. The molecule has 2 rings (SSSR count). The van der Waals surface area contributed by atoms with Crippen LogP contribution in [0.15, 0.2) is 48.5 Å². The second-order valence-electron chi connectivity index (χ2n) is 6.06. The number of carbonyl (C=O) groups is 1. The van der Waals surface area contributed by atoms with Crippen LogP contribution in [-0.2, 0) is 28.5 Å². The molecule has 0 aliphatic heterocycles. The lowest BCUT2D eigenvalue weighted by molar-refractivity contribution is -0.143. The molecule has 0 aliphatic carbocycles. The van der Waals surface area contributed by atoms with Crippen LogP contribution in [0.4, 0.5) is 26.3 Å². The standard InChI is InChI=1S/C19H17F6NO2/c1-12(27)26-10-17(28-11-13-5-3-2-4-6-13)14-7-15(18(20,21)22)9-16(8-14)19(23,24)25/h2-9,17H,10-11H2,1H3,(H,26,27). The second-order valence-corrected chi connectivity index (χ2v) is 6.06. The number of alkyl halides is 6. The minimum Gasteiger partial charge on any atom is -0.367 e. The molecule has 1 N–H and O–H groups in total. The minimum atomic E-state index is -4.96. The van der Waals surface area contributed by atoms with Gasteiger partial charge in [-0.15, -0.1) is 0 Å². The average molecular weight is 405 g/mol. The first-order valence-corrected chi connectivity index (χ1v) is 8.16. The van der Waals surface area contributed by atoms with E-state index in [-0.39, 0.29) is 24.8 Å². The summed E-state index contributed by atoms with van der Waals surface area (Å²) in [5.74, 6) is -0.490. The molecule has 0 fully saturated rings. The first kappa shape index (κ1) is 21.7. The van der Waals surface area contributed by atoms with Crippen molar-refractivity contribution in [3.63, 3.8) is 0 Å². The molecule has 0 saturated carbocycles. The van der Waals surface area contributed by atoms with Gasteiger partial charge in [0.15, 0.2) is 0 Å². The van der Waals surface area contributed by atoms with Gasteiger partial charge in [0.1, 0.15) is 6.10 Å². The molecule has 1 atom stereocenters. The van der Waals surface area contributed by atoms with Crippen LogP contribution < -0.4 is 5.32 Å². The van der Waals surface area contributed by atoms with Crippen molar-refractivity contribution in [2.24, 2.45) is 0 Å². The fourth-order valence-corrected chi connectivity index (χ4v) is 2.45. The zero-order chi connectivity index (χ0) is 20.9. The van der Waals surface area contributed by atoms with E-state index in [1.807, 2.05) is 0 Å². The van der Waals surface area contributed by atoms with E-state index in [9.17, 15) is 31.1 Å². The number of nitrogens with one attached hydrogen (secondary N) is 1. The number of rotatable bonds is 6. The predicted molar refractivity (Wildman–Crippen MR) is 89.1 cm³/mol. The van der Waals surface area contributed by atoms with E-state index in [1.54, 1.807) is 30.3 Å². The van der Waals surface area contributed by atoms with E-state index in [0.717, 1.165) is 0 Å². The summed E-state index contributed by atoms with van der Waals surface area (Å²) in [4.78, 5) is 11.2. The number of amides is 1. The Labute approximate surface area is 157 Å². The van der Waals surface area contributed by atoms with Crippen molar-refractivity contribution in [3.05, 3.63) is 70.8 Å². The maximum Gasteiger partial charge on any atom is 0.416 e. The Hall–Kier alpha value is -2.55. The predicted octanol–water partition coefficient (Wildman–Crippen LogP) is 5.12. The molecule has 3 nitrogen and oxygen atoms in total. The number of halogens is 6. The Morgan fingerprint density at radius 1 is 0.964 bits per heavy atom. The average Bonchev–Trinajstić information content (AvgIpc) is 2.60. The zero-order valence-electron chi connectivity index (χ0n) is 14.7. The maximum atomic E-state index is 13.1. The normalized spacial score (nSPS) is 13.2. The van der Waals surface area contributed by atoms with E-state index >= 15 is 0 Å². The first-order valence-electron chi connectivity index (χ1n) is 8.16. The van der Waals surface area contributed by atoms with Crippen LogP contribution in [0.3, 0.4) is 0 Å². The molecule has 1 amide bonds. The lowest BCUT2D eigenvalue weighted by Gasteiger charge is -2.22. The van der Waals surface area contributed by atoms with Gasteiger partial charge in [0.05, 0.1) is 17.7 Å². The number of benzene rings is 2. The van der Waals surface area contributed by atoms with E-state index in [0.29, 0.717) is 17.7 Å². The van der Waals surface area contributed by atoms with Gasteiger partial charge in [-0.25, -0.2) is 0 Å². The smallest absolute Gasteiger partial charge is 0.367 e. The molecular weight excluding hydrogens is 388 g/mol. The van der Waals surface area contributed by atoms with Gasteiger partial charge in [-0.3, -0.25) is 4.79 Å². The molecule has 9 heteroatoms. The van der Waals surface area contributed by atoms with E-state index in [1.165, 1.54) is 6.92 Å². The molecule has 152 valence electrons. The summed E-state index contributed by atoms with van der Waals surface area (Å²) in [6.07, 6.45) is -11.1. The van der Waals surface area contributed by atoms with Crippen molar-refractivity contribution >= 4 is 5.91 Å². The fourth-order valence-electron chi connectivity index (χ4n) is 2.45. The highest BCUT2D eigenvalue weighted by Gasteiger charge is 2.37. The lowest BCUT2D eigenvalue weighted by Crippen LogP contribution is -2.28. The molecule has 0 saturated heterocycles. The van der Waals surface area contributed by atoms with E-state index < -0.39 is 35.5 Å². The number of ether oxygens (including phenoxy) is 1. The van der Waals surface area contributed by atoms with Gasteiger partial charge in [-0.05, 0) is 29.3 Å². The number of hydrogen-bond acceptors (Lipinski definition) is 2. The van der Waals surface area contributed by atoms with Crippen LogP contribution in [0, 0.1) is 0 Å². The van der Waals surface area contributed by atoms with Crippen molar-refractivity contribution in [1.82, 2.24) is 5.32 Å². The van der Waals surface area contributed by atoms with Crippen molar-refractivity contribution in [2.45, 2.75) is 32.0 Å². The van der Waals surface area contributed by atoms with Crippen molar-refractivity contribution in [1.29, 1.82) is 0 Å². The van der Waals surface area contributed by atoms with Crippen LogP contribution in [0.25, 0.3) is 0 Å². The summed E-state index contributed by atoms with van der Waals surface area (Å²) in [6.45, 7) is 0.852. The largest absolute Gasteiger partial charge is 0.416 e. The topological polar surface area (TPSA) is 38.3 Å². The second kappa shape index (κ2) is 8.64. The first-order chi connectivity index (χ1) is 13.0. The Morgan fingerprint density at radius 2 is 1.50 bits per heavy atom. The molecule has 0 radical (unpaired) electrons. The van der Waals surface area contributed by atoms with Gasteiger partial charge < -0.3 is 10.1 Å². The van der Waals surface area contributed by atoms with Crippen LogP contribution >= 0.6 is 0 Å². The van der Waals surface area contributed by atoms with Crippen LogP contribution in [0.5, 0.6) is 0 Å². The van der Waals surface area contributed by atoms with Gasteiger partial charge in [0, 0.05) is 13.5 Å². The molecule has 0 bridgehead atoms. The van der Waals surface area contributed by atoms with Gasteiger partial charge in [0.25, 0.3) is 0 Å². The van der Waals surface area contributed by atoms with Gasteiger partial charge in [0.2, 0.25) is 5.91 Å². The lowest BCUT2D eigenvalue weighted by atomic mass is 10.0. The monoisotopic (exact) mass is 405 g/mol. The van der Waals surface area contributed by atoms with E-state index in [4.69, 9.17) is 4.74 Å². The third kappa shape index (κ3) is 6.26. The fraction of sp³-hybridized carbons (Fsp3) is 0.316. The van der Waals surface area contributed by atoms with Crippen LogP contribution in [0.1, 0.15) is 35.3 Å².